The highest BCUT2D eigenvalue weighted by molar-refractivity contribution is 6.36. The van der Waals surface area contributed by atoms with Crippen LogP contribution in [0.3, 0.4) is 0 Å². The van der Waals surface area contributed by atoms with Crippen molar-refractivity contribution in [3.05, 3.63) is 51.3 Å². The molecule has 0 atom stereocenters. The highest BCUT2D eigenvalue weighted by Crippen LogP contribution is 2.23. The van der Waals surface area contributed by atoms with Gasteiger partial charge in [-0.1, -0.05) is 30.1 Å². The van der Waals surface area contributed by atoms with Gasteiger partial charge >= 0.3 is 0 Å². The van der Waals surface area contributed by atoms with E-state index in [1.165, 1.54) is 0 Å². The molecular formula is C17H18Cl2N4O2. The zero-order valence-corrected chi connectivity index (χ0v) is 15.3. The number of halogens is 2. The summed E-state index contributed by atoms with van der Waals surface area (Å²) in [6, 6.07) is 6.59. The standard InChI is InChI=1S/C17H18Cl2N4O2/c1-2-12-10-15(21-20-12)17(25)23-7-5-22(6-8-23)16(24)13-4-3-11(18)9-14(13)19/h3-4,9-10H,2,5-8H2,1H3,(H,20,21). The summed E-state index contributed by atoms with van der Waals surface area (Å²) in [5.74, 6) is -0.269. The maximum Gasteiger partial charge on any atom is 0.274 e. The van der Waals surface area contributed by atoms with Crippen LogP contribution in [0.25, 0.3) is 0 Å². The molecule has 1 aromatic heterocycles. The second-order valence-corrected chi connectivity index (χ2v) is 6.68. The second kappa shape index (κ2) is 7.45. The van der Waals surface area contributed by atoms with Crippen LogP contribution in [-0.4, -0.2) is 58.0 Å². The molecule has 0 unspecified atom stereocenters. The van der Waals surface area contributed by atoms with E-state index in [0.29, 0.717) is 47.5 Å². The first kappa shape index (κ1) is 17.8. The number of carbonyl (C=O) groups excluding carboxylic acids is 2. The molecule has 1 saturated heterocycles. The van der Waals surface area contributed by atoms with E-state index in [-0.39, 0.29) is 11.8 Å². The lowest BCUT2D eigenvalue weighted by atomic mass is 10.1. The molecule has 0 saturated carbocycles. The van der Waals surface area contributed by atoms with Gasteiger partial charge < -0.3 is 9.80 Å². The molecular weight excluding hydrogens is 363 g/mol. The number of H-pyrrole nitrogens is 1. The minimum atomic E-state index is -0.151. The van der Waals surface area contributed by atoms with Crippen LogP contribution in [0.4, 0.5) is 0 Å². The summed E-state index contributed by atoms with van der Waals surface area (Å²) in [7, 11) is 0. The molecule has 1 fully saturated rings. The molecule has 6 nitrogen and oxygen atoms in total. The van der Waals surface area contributed by atoms with Crippen molar-refractivity contribution in [3.63, 3.8) is 0 Å². The van der Waals surface area contributed by atoms with Crippen LogP contribution < -0.4 is 0 Å². The quantitative estimate of drug-likeness (QED) is 0.889. The first-order chi connectivity index (χ1) is 12.0. The lowest BCUT2D eigenvalue weighted by Crippen LogP contribution is -2.50. The predicted molar refractivity (Wildman–Crippen MR) is 96.2 cm³/mol. The zero-order valence-electron chi connectivity index (χ0n) is 13.8. The average Bonchev–Trinajstić information content (AvgIpc) is 3.10. The normalized spacial score (nSPS) is 14.7. The molecule has 1 aromatic carbocycles. The number of nitrogens with zero attached hydrogens (tertiary/aromatic N) is 3. The van der Waals surface area contributed by atoms with Crippen LogP contribution >= 0.6 is 23.2 Å². The summed E-state index contributed by atoms with van der Waals surface area (Å²) in [4.78, 5) is 28.5. The third kappa shape index (κ3) is 3.80. The van der Waals surface area contributed by atoms with Crippen LogP contribution in [0, 0.1) is 0 Å². The number of piperazine rings is 1. The Morgan fingerprint density at radius 2 is 1.72 bits per heavy atom. The number of aromatic amines is 1. The predicted octanol–water partition coefficient (Wildman–Crippen LogP) is 2.88. The fraction of sp³-hybridized carbons (Fsp3) is 0.353. The Balaban J connectivity index is 1.63. The van der Waals surface area contributed by atoms with E-state index in [0.717, 1.165) is 12.1 Å². The Morgan fingerprint density at radius 1 is 1.08 bits per heavy atom. The summed E-state index contributed by atoms with van der Waals surface area (Å²) in [5, 5.41) is 7.73. The van der Waals surface area contributed by atoms with Gasteiger partial charge in [0.2, 0.25) is 0 Å². The minimum absolute atomic E-state index is 0.118. The van der Waals surface area contributed by atoms with Gasteiger partial charge in [-0.3, -0.25) is 14.7 Å². The van der Waals surface area contributed by atoms with Crippen LogP contribution in [0.5, 0.6) is 0 Å². The van der Waals surface area contributed by atoms with E-state index in [2.05, 4.69) is 10.2 Å². The number of hydrogen-bond acceptors (Lipinski definition) is 3. The van der Waals surface area contributed by atoms with E-state index in [9.17, 15) is 9.59 Å². The van der Waals surface area contributed by atoms with Crippen molar-refractivity contribution in [2.24, 2.45) is 0 Å². The molecule has 1 N–H and O–H groups in total. The lowest BCUT2D eigenvalue weighted by Gasteiger charge is -2.34. The van der Waals surface area contributed by atoms with Crippen LogP contribution in [0.2, 0.25) is 10.0 Å². The van der Waals surface area contributed by atoms with Crippen LogP contribution in [-0.2, 0) is 6.42 Å². The summed E-state index contributed by atoms with van der Waals surface area (Å²) >= 11 is 12.0. The monoisotopic (exact) mass is 380 g/mol. The molecule has 3 rings (SSSR count). The number of benzene rings is 1. The maximum absolute atomic E-state index is 12.6. The topological polar surface area (TPSA) is 69.3 Å². The highest BCUT2D eigenvalue weighted by atomic mass is 35.5. The van der Waals surface area contributed by atoms with Crippen molar-refractivity contribution >= 4 is 35.0 Å². The molecule has 2 amide bonds. The van der Waals surface area contributed by atoms with E-state index in [1.807, 2.05) is 6.92 Å². The minimum Gasteiger partial charge on any atom is -0.335 e. The summed E-state index contributed by atoms with van der Waals surface area (Å²) in [6.07, 6.45) is 0.796. The van der Waals surface area contributed by atoms with Crippen molar-refractivity contribution in [1.29, 1.82) is 0 Å². The SMILES string of the molecule is CCc1cc(C(=O)N2CCN(C(=O)c3ccc(Cl)cc3Cl)CC2)n[nH]1. The zero-order chi connectivity index (χ0) is 18.0. The largest absolute Gasteiger partial charge is 0.335 e. The van der Waals surface area contributed by atoms with Gasteiger partial charge in [0.25, 0.3) is 11.8 Å². The van der Waals surface area contributed by atoms with Crippen molar-refractivity contribution in [2.45, 2.75) is 13.3 Å². The average molecular weight is 381 g/mol. The Hall–Kier alpha value is -2.05. The van der Waals surface area contributed by atoms with Crippen molar-refractivity contribution in [2.75, 3.05) is 26.2 Å². The van der Waals surface area contributed by atoms with Gasteiger partial charge in [-0.05, 0) is 30.7 Å². The van der Waals surface area contributed by atoms with Crippen LogP contribution in [0.15, 0.2) is 24.3 Å². The molecule has 0 spiro atoms. The summed E-state index contributed by atoms with van der Waals surface area (Å²) < 4.78 is 0. The number of nitrogens with one attached hydrogen (secondary N) is 1. The third-order valence-corrected chi connectivity index (χ3v) is 4.79. The van der Waals surface area contributed by atoms with Gasteiger partial charge in [0, 0.05) is 36.9 Å². The smallest absolute Gasteiger partial charge is 0.274 e. The van der Waals surface area contributed by atoms with Crippen LogP contribution in [0.1, 0.15) is 33.5 Å². The Morgan fingerprint density at radius 3 is 2.28 bits per heavy atom. The molecule has 1 aliphatic heterocycles. The fourth-order valence-corrected chi connectivity index (χ4v) is 3.25. The fourth-order valence-electron chi connectivity index (χ4n) is 2.76. The summed E-state index contributed by atoms with van der Waals surface area (Å²) in [5.41, 5.74) is 1.76. The van der Waals surface area contributed by atoms with Crippen molar-refractivity contribution < 1.29 is 9.59 Å². The molecule has 1 aliphatic rings. The highest BCUT2D eigenvalue weighted by Gasteiger charge is 2.27. The Kier molecular flexibility index (Phi) is 5.30. The first-order valence-electron chi connectivity index (χ1n) is 8.07. The van der Waals surface area contributed by atoms with E-state index in [4.69, 9.17) is 23.2 Å². The first-order valence-corrected chi connectivity index (χ1v) is 8.83. The number of rotatable bonds is 3. The van der Waals surface area contributed by atoms with Crippen molar-refractivity contribution in [1.82, 2.24) is 20.0 Å². The van der Waals surface area contributed by atoms with E-state index in [1.54, 1.807) is 34.1 Å². The van der Waals surface area contributed by atoms with Gasteiger partial charge in [0.1, 0.15) is 5.69 Å². The second-order valence-electron chi connectivity index (χ2n) is 5.84. The molecule has 0 aliphatic carbocycles. The molecule has 25 heavy (non-hydrogen) atoms. The molecule has 2 aromatic rings. The van der Waals surface area contributed by atoms with Gasteiger partial charge in [-0.25, -0.2) is 0 Å². The molecule has 0 bridgehead atoms. The number of amides is 2. The van der Waals surface area contributed by atoms with E-state index < -0.39 is 0 Å². The van der Waals surface area contributed by atoms with E-state index >= 15 is 0 Å². The molecule has 8 heteroatoms. The number of aromatic nitrogens is 2. The Bertz CT molecular complexity index is 798. The van der Waals surface area contributed by atoms with Gasteiger partial charge in [0.15, 0.2) is 0 Å². The van der Waals surface area contributed by atoms with Gasteiger partial charge in [-0.2, -0.15) is 5.10 Å². The summed E-state index contributed by atoms with van der Waals surface area (Å²) in [6.45, 7) is 3.82. The Labute approximate surface area is 155 Å². The molecule has 132 valence electrons. The maximum atomic E-state index is 12.6. The number of hydrogen-bond donors (Lipinski definition) is 1. The lowest BCUT2D eigenvalue weighted by molar-refractivity contribution is 0.0532. The number of aryl methyl sites for hydroxylation is 1. The van der Waals surface area contributed by atoms with Gasteiger partial charge in [0.05, 0.1) is 10.6 Å². The number of carbonyl (C=O) groups is 2. The third-order valence-electron chi connectivity index (χ3n) is 4.25. The molecule has 2 heterocycles. The molecule has 0 radical (unpaired) electrons. The van der Waals surface area contributed by atoms with Gasteiger partial charge in [-0.15, -0.1) is 0 Å². The van der Waals surface area contributed by atoms with Crippen molar-refractivity contribution in [3.8, 4) is 0 Å².